The van der Waals surface area contributed by atoms with Crippen LogP contribution < -0.4 is 88.2 Å². The Balaban J connectivity index is 0.00000793. The SMILES string of the molecule is NC(N)=NCCC[C@@H]1NC(=O)[C@@H]2CC[C@H]3C[C@@H](CNOC(=O)CN4CCN(CC(=O)[O-])CCN(CC(=O)[O-])CCN(CC(=O)[O-])CC4)[C@@H](NC(=O)[C@H](CC(=O)[O-])NC(=O)CNC1=O)C(=O)N32.[Gd+3].[Na+]. The van der Waals surface area contributed by atoms with Gasteiger partial charge in [-0.3, -0.25) is 48.6 Å². The van der Waals surface area contributed by atoms with Crippen LogP contribution in [0.5, 0.6) is 0 Å². The van der Waals surface area contributed by atoms with Gasteiger partial charge in [0, 0.05) is 109 Å². The molecule has 4 aliphatic heterocycles. The van der Waals surface area contributed by atoms with Crippen LogP contribution in [0.25, 0.3) is 0 Å². The second-order valence-electron chi connectivity index (χ2n) is 16.4. The molecule has 5 amide bonds. The maximum Gasteiger partial charge on any atom is 3.00 e. The van der Waals surface area contributed by atoms with Gasteiger partial charge in [-0.1, -0.05) is 0 Å². The molecule has 4 fully saturated rings. The van der Waals surface area contributed by atoms with E-state index < -0.39 is 135 Å². The van der Waals surface area contributed by atoms with Crippen molar-refractivity contribution in [1.29, 1.82) is 0 Å². The van der Waals surface area contributed by atoms with E-state index in [-0.39, 0.29) is 167 Å². The molecule has 6 atom stereocenters. The molecule has 0 saturated carbocycles. The Morgan fingerprint density at radius 2 is 1.22 bits per heavy atom. The van der Waals surface area contributed by atoms with E-state index in [1.807, 2.05) is 0 Å². The number of hydroxylamine groups is 1. The Hall–Kier alpha value is -3.91. The van der Waals surface area contributed by atoms with E-state index in [4.69, 9.17) is 16.3 Å². The van der Waals surface area contributed by atoms with E-state index in [2.05, 4.69) is 31.7 Å². The molecular formula is C38H57GdN13NaO15. The molecule has 0 aromatic carbocycles. The molecule has 4 rings (SSSR count). The molecule has 0 aromatic heterocycles. The van der Waals surface area contributed by atoms with Gasteiger partial charge in [0.15, 0.2) is 5.96 Å². The van der Waals surface area contributed by atoms with Gasteiger partial charge in [0.05, 0.1) is 31.0 Å². The quantitative estimate of drug-likeness (QED) is 0.0234. The van der Waals surface area contributed by atoms with Crippen LogP contribution in [-0.2, 0) is 52.8 Å². The molecule has 28 nitrogen and oxygen atoms in total. The van der Waals surface area contributed by atoms with Gasteiger partial charge >= 0.3 is 75.5 Å². The molecule has 2 bridgehead atoms. The first-order valence-electron chi connectivity index (χ1n) is 21.5. The molecule has 68 heavy (non-hydrogen) atoms. The zero-order chi connectivity index (χ0) is 48.5. The third kappa shape index (κ3) is 20.2. The smallest absolute Gasteiger partial charge is 0.550 e. The number of nitrogens with zero attached hydrogens (tertiary/aromatic N) is 6. The fourth-order valence-electron chi connectivity index (χ4n) is 8.34. The Morgan fingerprint density at radius 1 is 0.691 bits per heavy atom. The van der Waals surface area contributed by atoms with E-state index in [1.165, 1.54) is 19.6 Å². The predicted molar refractivity (Wildman–Crippen MR) is 215 cm³/mol. The summed E-state index contributed by atoms with van der Waals surface area (Å²) in [4.78, 5) is 144. The van der Waals surface area contributed by atoms with Crippen LogP contribution >= 0.6 is 0 Å². The number of aliphatic carboxylic acids is 4. The zero-order valence-corrected chi connectivity index (χ0v) is 41.9. The molecule has 4 aliphatic rings. The number of nitrogens with one attached hydrogen (secondary N) is 5. The minimum atomic E-state index is -1.77. The van der Waals surface area contributed by atoms with E-state index >= 15 is 0 Å². The average Bonchev–Trinajstić information content (AvgIpc) is 3.66. The summed E-state index contributed by atoms with van der Waals surface area (Å²) in [6, 6.07) is -6.07. The number of carboxylic acid groups (broad SMARTS) is 4. The van der Waals surface area contributed by atoms with Crippen molar-refractivity contribution in [3.05, 3.63) is 0 Å². The normalized spacial score (nSPS) is 25.1. The van der Waals surface area contributed by atoms with Gasteiger partial charge in [0.1, 0.15) is 24.2 Å². The summed E-state index contributed by atoms with van der Waals surface area (Å²) in [5, 5.41) is 55.9. The van der Waals surface area contributed by atoms with Gasteiger partial charge < -0.3 is 82.1 Å². The number of carbonyl (C=O) groups is 10. The molecule has 0 aromatic rings. The molecule has 0 aliphatic carbocycles. The number of hydrogen-bond donors (Lipinski definition) is 7. The van der Waals surface area contributed by atoms with Gasteiger partial charge in [-0.05, 0) is 32.1 Å². The van der Waals surface area contributed by atoms with Gasteiger partial charge in [0.2, 0.25) is 29.5 Å². The van der Waals surface area contributed by atoms with E-state index in [0.29, 0.717) is 6.42 Å². The first-order valence-corrected chi connectivity index (χ1v) is 21.5. The first kappa shape index (κ1) is 60.2. The Labute approximate surface area is 445 Å². The van der Waals surface area contributed by atoms with Crippen LogP contribution in [0.2, 0.25) is 0 Å². The molecule has 373 valence electrons. The third-order valence-electron chi connectivity index (χ3n) is 11.6. The van der Waals surface area contributed by atoms with Gasteiger partial charge in [-0.2, -0.15) is 5.48 Å². The summed E-state index contributed by atoms with van der Waals surface area (Å²) < 4.78 is 0. The van der Waals surface area contributed by atoms with E-state index in [0.717, 1.165) is 0 Å². The maximum atomic E-state index is 14.3. The third-order valence-corrected chi connectivity index (χ3v) is 11.6. The fraction of sp³-hybridized carbons (Fsp3) is 0.711. The van der Waals surface area contributed by atoms with Crippen molar-refractivity contribution in [3.8, 4) is 0 Å². The number of rotatable bonds is 17. The van der Waals surface area contributed by atoms with Crippen molar-refractivity contribution >= 4 is 65.3 Å². The predicted octanol–water partition coefficient (Wildman–Crippen LogP) is -15.3. The summed E-state index contributed by atoms with van der Waals surface area (Å²) in [7, 11) is 0. The molecular weight excluding hydrogens is 1060 g/mol. The number of nitrogens with two attached hydrogens (primary N) is 2. The minimum absolute atomic E-state index is 0. The second-order valence-corrected chi connectivity index (χ2v) is 16.4. The Morgan fingerprint density at radius 3 is 1.72 bits per heavy atom. The fourth-order valence-corrected chi connectivity index (χ4v) is 8.34. The number of aliphatic imine (C=N–C) groups is 1. The van der Waals surface area contributed by atoms with Crippen LogP contribution in [0, 0.1) is 45.9 Å². The molecule has 9 N–H and O–H groups in total. The number of carboxylic acids is 4. The molecule has 0 unspecified atom stereocenters. The molecule has 4 heterocycles. The summed E-state index contributed by atoms with van der Waals surface area (Å²) >= 11 is 0. The number of amides is 5. The summed E-state index contributed by atoms with van der Waals surface area (Å²) in [6.07, 6.45) is -0.120. The maximum absolute atomic E-state index is 14.3. The summed E-state index contributed by atoms with van der Waals surface area (Å²) in [6.45, 7) is -2.08. The van der Waals surface area contributed by atoms with Crippen molar-refractivity contribution < 1.29 is 143 Å². The molecule has 30 heteroatoms. The monoisotopic (exact) mass is 1120 g/mol. The van der Waals surface area contributed by atoms with Crippen LogP contribution in [-0.4, -0.2) is 218 Å². The van der Waals surface area contributed by atoms with E-state index in [1.54, 1.807) is 4.90 Å². The van der Waals surface area contributed by atoms with Crippen molar-refractivity contribution in [2.24, 2.45) is 22.4 Å². The molecule has 0 spiro atoms. The largest absolute Gasteiger partial charge is 3.00 e. The number of hydrogen-bond acceptors (Lipinski definition) is 21. The van der Waals surface area contributed by atoms with Crippen molar-refractivity contribution in [1.82, 2.24) is 51.2 Å². The van der Waals surface area contributed by atoms with Crippen LogP contribution in [0.4, 0.5) is 0 Å². The second kappa shape index (κ2) is 30.0. The number of carbonyl (C=O) groups excluding carboxylic acids is 10. The molecule has 1 radical (unpaired) electrons. The van der Waals surface area contributed by atoms with Crippen LogP contribution in [0.15, 0.2) is 4.99 Å². The van der Waals surface area contributed by atoms with Gasteiger partial charge in [-0.25, -0.2) is 4.79 Å². The number of piperidine rings is 1. The number of fused-ring (bicyclic) bond motifs is 1. The number of guanidine groups is 1. The first-order chi connectivity index (χ1) is 31.3. The van der Waals surface area contributed by atoms with Crippen molar-refractivity contribution in [3.63, 3.8) is 0 Å². The van der Waals surface area contributed by atoms with E-state index in [9.17, 15) is 68.4 Å². The van der Waals surface area contributed by atoms with Crippen LogP contribution in [0.1, 0.15) is 38.5 Å². The van der Waals surface area contributed by atoms with Crippen molar-refractivity contribution in [2.75, 3.05) is 98.2 Å². The zero-order valence-electron chi connectivity index (χ0n) is 37.6. The van der Waals surface area contributed by atoms with Gasteiger partial charge in [0.25, 0.3) is 0 Å². The topological polar surface area (TPSA) is 413 Å². The van der Waals surface area contributed by atoms with Crippen LogP contribution in [0.3, 0.4) is 0 Å². The standard InChI is InChI=1S/C38H61N13O15.Gd.Na/c39-38(40)41-5-1-2-24-34(62)42-17-27(52)44-25(15-28(53)54)35(63)46-33-22(14-23-3-4-26(36(64)45-24)51(23)37(33)65)16-43-66-32(61)21-50-12-10-48(19-30(57)58)8-6-47(18-29(55)56)7-9-49(11-13-50)20-31(59)60;;/h22-26,33,43H,1-21H2,(H,42,62)(H,44,52)(H,45,64)(H,46,63)(H,53,54)(H,55,56)(H,57,58)(H,59,60)(H4,39,40,41);;/q;+3;+1/p-4/t22-,23-,24-,25-,26-,33+;;/m0../s1. The van der Waals surface area contributed by atoms with Gasteiger partial charge in [-0.15, -0.1) is 0 Å². The minimum Gasteiger partial charge on any atom is -0.550 e. The molecule has 4 saturated heterocycles. The van der Waals surface area contributed by atoms with Crippen molar-refractivity contribution in [2.45, 2.75) is 68.7 Å². The Kier molecular flexibility index (Phi) is 26.5. The summed E-state index contributed by atoms with van der Waals surface area (Å²) in [5.41, 5.74) is 13.3. The summed E-state index contributed by atoms with van der Waals surface area (Å²) in [5.74, 6) is -12.0. The average molecular weight is 1120 g/mol. The Bertz CT molecular complexity index is 1820.